The third kappa shape index (κ3) is 11.1. The first-order chi connectivity index (χ1) is 45.7. The molecule has 11 aromatic carbocycles. The van der Waals surface area contributed by atoms with E-state index in [4.69, 9.17) is 16.5 Å². The van der Waals surface area contributed by atoms with Gasteiger partial charge in [0.1, 0.15) is 5.82 Å². The number of benzene rings is 11. The zero-order chi connectivity index (χ0) is 67.5. The number of fused-ring (bicyclic) bond motifs is 6. The molecule has 0 saturated heterocycles. The van der Waals surface area contributed by atoms with Crippen molar-refractivity contribution in [3.05, 3.63) is 280 Å². The fraction of sp³-hybridized carbons (Fsp3) is 0.101. The van der Waals surface area contributed by atoms with Gasteiger partial charge in [0.05, 0.1) is 73.7 Å². The standard InChI is InChI=1S/C79H49F12N5/c1-43-16-24-59(65(32-43)79(89,90)91)52-20-31-72-63(39-52)62-38-51(58-27-23-55(35-46(58)4)78(86,87)88)19-30-71(62)96(72)74-42-68(92-5)64(75-93-66(47-12-8-6-9-13-47)41-67(94-75)48-14-10-7-11-15-48)40-73(74)95-69-28-17-49(56-25-21-53(33-44(56)2)76(80,81)82)36-60(69)61-37-50(18-29-70(61)95)57-26-22-54(34-45(57)3)77(83,84)85/h6-42H,1-4H3. The van der Waals surface area contributed by atoms with Gasteiger partial charge in [-0.2, -0.15) is 52.7 Å². The minimum absolute atomic E-state index is 0.0666. The second-order valence-electron chi connectivity index (χ2n) is 23.9. The molecule has 0 amide bonds. The molecule has 3 heterocycles. The van der Waals surface area contributed by atoms with Crippen LogP contribution >= 0.6 is 0 Å². The molecule has 0 atom stereocenters. The van der Waals surface area contributed by atoms with Crippen LogP contribution in [0, 0.1) is 34.3 Å². The van der Waals surface area contributed by atoms with E-state index >= 15 is 13.2 Å². The Balaban J connectivity index is 1.11. The highest BCUT2D eigenvalue weighted by molar-refractivity contribution is 6.14. The van der Waals surface area contributed by atoms with Crippen LogP contribution in [-0.2, 0) is 24.7 Å². The summed E-state index contributed by atoms with van der Waals surface area (Å²) in [5.41, 5.74) is 6.53. The van der Waals surface area contributed by atoms with E-state index in [0.29, 0.717) is 122 Å². The molecule has 0 N–H and O–H groups in total. The Morgan fingerprint density at radius 1 is 0.323 bits per heavy atom. The minimum atomic E-state index is -4.77. The maximum Gasteiger partial charge on any atom is 0.417 e. The summed E-state index contributed by atoms with van der Waals surface area (Å²) < 4.78 is 177. The smallest absolute Gasteiger partial charge is 0.308 e. The van der Waals surface area contributed by atoms with Gasteiger partial charge in [-0.3, -0.25) is 0 Å². The number of aromatic nitrogens is 4. The highest BCUT2D eigenvalue weighted by Crippen LogP contribution is 2.48. The monoisotopic (exact) mass is 1300 g/mol. The summed E-state index contributed by atoms with van der Waals surface area (Å²) in [5, 5.41) is 2.03. The third-order valence-electron chi connectivity index (χ3n) is 17.7. The highest BCUT2D eigenvalue weighted by atomic mass is 19.4. The van der Waals surface area contributed by atoms with Gasteiger partial charge in [-0.25, -0.2) is 14.8 Å². The number of aryl methyl sites for hydroxylation is 4. The van der Waals surface area contributed by atoms with Gasteiger partial charge in [0.2, 0.25) is 0 Å². The summed E-state index contributed by atoms with van der Waals surface area (Å²) in [7, 11) is 0. The van der Waals surface area contributed by atoms with E-state index in [2.05, 4.69) is 4.85 Å². The van der Waals surface area contributed by atoms with Crippen LogP contribution in [0.25, 0.3) is 138 Å². The van der Waals surface area contributed by atoms with Crippen LogP contribution in [0.5, 0.6) is 0 Å². The van der Waals surface area contributed by atoms with Gasteiger partial charge < -0.3 is 9.13 Å². The number of halogens is 12. The van der Waals surface area contributed by atoms with Gasteiger partial charge in [-0.15, -0.1) is 0 Å². The molecule has 0 bridgehead atoms. The molecule has 0 saturated carbocycles. The quantitative estimate of drug-likeness (QED) is 0.107. The van der Waals surface area contributed by atoms with E-state index in [1.807, 2.05) is 100 Å². The molecule has 0 aliphatic heterocycles. The lowest BCUT2D eigenvalue weighted by Crippen LogP contribution is -2.07. The van der Waals surface area contributed by atoms with E-state index in [9.17, 15) is 39.5 Å². The number of hydrogen-bond acceptors (Lipinski definition) is 2. The average molecular weight is 1300 g/mol. The number of nitrogens with zero attached hydrogens (tertiary/aromatic N) is 5. The zero-order valence-corrected chi connectivity index (χ0v) is 51.1. The molecule has 3 aromatic heterocycles. The normalized spacial score (nSPS) is 12.4. The van der Waals surface area contributed by atoms with Crippen molar-refractivity contribution in [2.45, 2.75) is 52.4 Å². The summed E-state index contributed by atoms with van der Waals surface area (Å²) >= 11 is 0. The zero-order valence-electron chi connectivity index (χ0n) is 51.1. The van der Waals surface area contributed by atoms with Gasteiger partial charge in [-0.05, 0) is 198 Å². The summed E-state index contributed by atoms with van der Waals surface area (Å²) in [6.07, 6.45) is -18.7. The predicted octanol–water partition coefficient (Wildman–Crippen LogP) is 24.2. The Morgan fingerprint density at radius 2 is 0.677 bits per heavy atom. The van der Waals surface area contributed by atoms with Gasteiger partial charge in [0.25, 0.3) is 0 Å². The van der Waals surface area contributed by atoms with Crippen LogP contribution in [-0.4, -0.2) is 19.1 Å². The molecular weight excluding hydrogens is 1250 g/mol. The predicted molar refractivity (Wildman–Crippen MR) is 354 cm³/mol. The van der Waals surface area contributed by atoms with Gasteiger partial charge in [-0.1, -0.05) is 121 Å². The molecule has 14 rings (SSSR count). The van der Waals surface area contributed by atoms with Crippen molar-refractivity contribution < 1.29 is 52.7 Å². The molecule has 0 aliphatic carbocycles. The Kier molecular flexibility index (Phi) is 14.9. The van der Waals surface area contributed by atoms with Crippen LogP contribution in [0.2, 0.25) is 0 Å². The second-order valence-corrected chi connectivity index (χ2v) is 23.9. The van der Waals surface area contributed by atoms with Crippen molar-refractivity contribution in [2.75, 3.05) is 0 Å². The highest BCUT2D eigenvalue weighted by Gasteiger charge is 2.36. The molecule has 0 unspecified atom stereocenters. The van der Waals surface area contributed by atoms with Crippen LogP contribution in [0.1, 0.15) is 44.5 Å². The molecule has 0 spiro atoms. The minimum Gasteiger partial charge on any atom is -0.308 e. The van der Waals surface area contributed by atoms with Gasteiger partial charge in [0, 0.05) is 38.2 Å². The molecule has 0 aliphatic rings. The van der Waals surface area contributed by atoms with Crippen molar-refractivity contribution in [1.29, 1.82) is 0 Å². The maximum absolute atomic E-state index is 15.1. The Labute approximate surface area is 541 Å². The van der Waals surface area contributed by atoms with Crippen molar-refractivity contribution in [3.8, 4) is 89.8 Å². The first-order valence-electron chi connectivity index (χ1n) is 30.2. The van der Waals surface area contributed by atoms with E-state index < -0.39 is 47.0 Å². The Morgan fingerprint density at radius 3 is 1.02 bits per heavy atom. The molecular formula is C79H49F12N5. The lowest BCUT2D eigenvalue weighted by Gasteiger charge is -2.20. The third-order valence-corrected chi connectivity index (χ3v) is 17.7. The maximum atomic E-state index is 15.1. The van der Waals surface area contributed by atoms with E-state index in [0.717, 1.165) is 53.6 Å². The van der Waals surface area contributed by atoms with Crippen molar-refractivity contribution in [1.82, 2.24) is 19.1 Å². The fourth-order valence-electron chi connectivity index (χ4n) is 13.1. The number of alkyl halides is 12. The summed E-state index contributed by atoms with van der Waals surface area (Å²) in [4.78, 5) is 14.5. The summed E-state index contributed by atoms with van der Waals surface area (Å²) in [5.74, 6) is 0.150. The first-order valence-corrected chi connectivity index (χ1v) is 30.2. The Hall–Kier alpha value is -11.3. The Bertz CT molecular complexity index is 5350. The molecule has 17 heteroatoms. The lowest BCUT2D eigenvalue weighted by molar-refractivity contribution is -0.138. The first kappa shape index (κ1) is 62.2. The van der Waals surface area contributed by atoms with Crippen LogP contribution in [0.15, 0.2) is 224 Å². The number of hydrogen-bond donors (Lipinski definition) is 0. The summed E-state index contributed by atoms with van der Waals surface area (Å²) in [6.45, 7) is 15.3. The molecule has 474 valence electrons. The molecule has 0 radical (unpaired) electrons. The average Bonchev–Trinajstić information content (AvgIpc) is 1.50. The topological polar surface area (TPSA) is 40.0 Å². The SMILES string of the molecule is [C-]#[N+]c1cc(-n2c3ccc(-c4ccc(C(F)(F)F)cc4C)cc3c3cc(-c4ccc(C)cc4C(F)(F)F)ccc32)c(-n2c3ccc(-c4ccc(C(F)(F)F)cc4C)cc3c3cc(-c4ccc(C(F)(F)F)cc4C)ccc32)cc1-c1nc(-c2ccccc2)cc(-c2ccccc2)n1. The second kappa shape index (κ2) is 23.0. The van der Waals surface area contributed by atoms with E-state index in [-0.39, 0.29) is 28.2 Å². The van der Waals surface area contributed by atoms with Gasteiger partial charge in [0.15, 0.2) is 5.69 Å². The molecule has 14 aromatic rings. The lowest BCUT2D eigenvalue weighted by atomic mass is 9.95. The fourth-order valence-corrected chi connectivity index (χ4v) is 13.1. The van der Waals surface area contributed by atoms with Crippen LogP contribution < -0.4 is 0 Å². The van der Waals surface area contributed by atoms with Crippen LogP contribution in [0.4, 0.5) is 58.4 Å². The summed E-state index contributed by atoms with van der Waals surface area (Å²) in [6, 6.07) is 59.5. The van der Waals surface area contributed by atoms with Crippen molar-refractivity contribution in [3.63, 3.8) is 0 Å². The molecule has 5 nitrogen and oxygen atoms in total. The van der Waals surface area contributed by atoms with Crippen molar-refractivity contribution >= 4 is 49.3 Å². The van der Waals surface area contributed by atoms with Crippen LogP contribution in [0.3, 0.4) is 0 Å². The molecule has 96 heavy (non-hydrogen) atoms. The largest absolute Gasteiger partial charge is 0.417 e. The van der Waals surface area contributed by atoms with E-state index in [1.54, 1.807) is 94.4 Å². The number of rotatable bonds is 9. The van der Waals surface area contributed by atoms with Gasteiger partial charge >= 0.3 is 24.7 Å². The van der Waals surface area contributed by atoms with E-state index in [1.165, 1.54) is 24.3 Å². The van der Waals surface area contributed by atoms with Crippen molar-refractivity contribution in [2.24, 2.45) is 0 Å². The molecule has 0 fully saturated rings.